The van der Waals surface area contributed by atoms with Crippen LogP contribution in [0.1, 0.15) is 12.6 Å². The van der Waals surface area contributed by atoms with E-state index < -0.39 is 0 Å². The second kappa shape index (κ2) is 6.47. The van der Waals surface area contributed by atoms with Crippen molar-refractivity contribution in [1.29, 1.82) is 0 Å². The molecule has 2 rings (SSSR count). The molecule has 0 amide bonds. The fourth-order valence-electron chi connectivity index (χ4n) is 1.47. The van der Waals surface area contributed by atoms with Crippen LogP contribution in [0.5, 0.6) is 11.8 Å². The van der Waals surface area contributed by atoms with E-state index in [-0.39, 0.29) is 6.08 Å². The van der Waals surface area contributed by atoms with Crippen LogP contribution in [-0.4, -0.2) is 17.8 Å². The number of oxazole rings is 1. The minimum atomic E-state index is 0.282. The summed E-state index contributed by atoms with van der Waals surface area (Å²) in [6.07, 6.45) is 3.90. The first-order valence-electron chi connectivity index (χ1n) is 5.79. The number of hydrogen-bond donors (Lipinski definition) is 1. The Bertz CT molecular complexity index is 499. The van der Waals surface area contributed by atoms with Crippen molar-refractivity contribution < 1.29 is 9.15 Å². The van der Waals surface area contributed by atoms with Crippen LogP contribution in [-0.2, 0) is 6.54 Å². The monoisotopic (exact) mass is 264 g/mol. The number of nitrogens with one attached hydrogen (secondary N) is 1. The molecule has 18 heavy (non-hydrogen) atoms. The van der Waals surface area contributed by atoms with E-state index in [1.165, 1.54) is 0 Å². The summed E-state index contributed by atoms with van der Waals surface area (Å²) in [5, 5.41) is 3.18. The third kappa shape index (κ3) is 3.27. The van der Waals surface area contributed by atoms with Crippen LogP contribution < -0.4 is 10.1 Å². The van der Waals surface area contributed by atoms with Crippen molar-refractivity contribution >= 4 is 11.8 Å². The zero-order valence-electron chi connectivity index (χ0n) is 10.5. The highest BCUT2D eigenvalue weighted by Gasteiger charge is 2.08. The van der Waals surface area contributed by atoms with Gasteiger partial charge in [-0.1, -0.05) is 19.1 Å². The van der Waals surface area contributed by atoms with E-state index in [9.17, 15) is 0 Å². The minimum absolute atomic E-state index is 0.282. The van der Waals surface area contributed by atoms with Gasteiger partial charge in [-0.3, -0.25) is 0 Å². The van der Waals surface area contributed by atoms with E-state index in [2.05, 4.69) is 10.3 Å². The molecule has 0 fully saturated rings. The molecule has 1 aromatic carbocycles. The molecule has 2 aromatic rings. The van der Waals surface area contributed by atoms with Gasteiger partial charge in [0, 0.05) is 11.4 Å². The molecule has 0 saturated heterocycles. The van der Waals surface area contributed by atoms with Gasteiger partial charge in [0.25, 0.3) is 0 Å². The highest BCUT2D eigenvalue weighted by molar-refractivity contribution is 7.98. The Morgan fingerprint density at radius 2 is 2.22 bits per heavy atom. The maximum Gasteiger partial charge on any atom is 0.399 e. The van der Waals surface area contributed by atoms with Crippen LogP contribution in [0, 0.1) is 0 Å². The molecular weight excluding hydrogens is 248 g/mol. The SMILES string of the molecule is CCNCc1coc(Oc2ccccc2SC)n1. The maximum absolute atomic E-state index is 5.63. The van der Waals surface area contributed by atoms with Crippen LogP contribution in [0.25, 0.3) is 0 Å². The summed E-state index contributed by atoms with van der Waals surface area (Å²) < 4.78 is 10.9. The van der Waals surface area contributed by atoms with E-state index >= 15 is 0 Å². The number of nitrogens with zero attached hydrogens (tertiary/aromatic N) is 1. The number of ether oxygens (including phenoxy) is 1. The first-order valence-corrected chi connectivity index (χ1v) is 7.02. The molecule has 0 unspecified atom stereocenters. The average Bonchev–Trinajstić information content (AvgIpc) is 2.84. The molecule has 0 radical (unpaired) electrons. The normalized spacial score (nSPS) is 10.6. The second-order valence-electron chi connectivity index (χ2n) is 3.64. The summed E-state index contributed by atoms with van der Waals surface area (Å²) >= 11 is 1.63. The second-order valence-corrected chi connectivity index (χ2v) is 4.49. The molecule has 0 aliphatic rings. The van der Waals surface area contributed by atoms with Gasteiger partial charge in [0.15, 0.2) is 0 Å². The van der Waals surface area contributed by atoms with Gasteiger partial charge in [-0.15, -0.1) is 11.8 Å². The van der Waals surface area contributed by atoms with E-state index in [4.69, 9.17) is 9.15 Å². The van der Waals surface area contributed by atoms with Crippen LogP contribution in [0.2, 0.25) is 0 Å². The third-order valence-electron chi connectivity index (χ3n) is 2.35. The summed E-state index contributed by atoms with van der Waals surface area (Å²) in [5.41, 5.74) is 0.841. The predicted octanol–water partition coefficient (Wildman–Crippen LogP) is 3.30. The van der Waals surface area contributed by atoms with Gasteiger partial charge < -0.3 is 14.5 Å². The lowest BCUT2D eigenvalue weighted by Gasteiger charge is -2.04. The number of rotatable bonds is 6. The average molecular weight is 264 g/mol. The van der Waals surface area contributed by atoms with Crippen molar-refractivity contribution in [2.75, 3.05) is 12.8 Å². The smallest absolute Gasteiger partial charge is 0.399 e. The zero-order chi connectivity index (χ0) is 12.8. The fraction of sp³-hybridized carbons (Fsp3) is 0.308. The predicted molar refractivity (Wildman–Crippen MR) is 72.2 cm³/mol. The van der Waals surface area contributed by atoms with E-state index in [0.717, 1.165) is 22.9 Å². The Balaban J connectivity index is 2.06. The number of thioether (sulfide) groups is 1. The van der Waals surface area contributed by atoms with Gasteiger partial charge in [0.1, 0.15) is 12.0 Å². The third-order valence-corrected chi connectivity index (χ3v) is 3.13. The lowest BCUT2D eigenvalue weighted by molar-refractivity contribution is 0.325. The van der Waals surface area contributed by atoms with Crippen molar-refractivity contribution in [2.24, 2.45) is 0 Å². The number of hydrogen-bond acceptors (Lipinski definition) is 5. The minimum Gasteiger partial charge on any atom is -0.417 e. The van der Waals surface area contributed by atoms with Gasteiger partial charge in [-0.25, -0.2) is 0 Å². The molecule has 1 aromatic heterocycles. The summed E-state index contributed by atoms with van der Waals surface area (Å²) in [4.78, 5) is 5.32. The first-order chi connectivity index (χ1) is 8.83. The molecule has 0 saturated carbocycles. The lowest BCUT2D eigenvalue weighted by atomic mass is 10.3. The number of aromatic nitrogens is 1. The Labute approximate surface area is 111 Å². The van der Waals surface area contributed by atoms with Gasteiger partial charge in [-0.2, -0.15) is 4.98 Å². The summed E-state index contributed by atoms with van der Waals surface area (Å²) in [5.74, 6) is 0.766. The van der Waals surface area contributed by atoms with Crippen molar-refractivity contribution in [3.63, 3.8) is 0 Å². The van der Waals surface area contributed by atoms with Crippen molar-refractivity contribution in [1.82, 2.24) is 10.3 Å². The molecule has 0 atom stereocenters. The van der Waals surface area contributed by atoms with Gasteiger partial charge in [0.05, 0.1) is 5.69 Å². The lowest BCUT2D eigenvalue weighted by Crippen LogP contribution is -2.11. The Morgan fingerprint density at radius 1 is 1.39 bits per heavy atom. The van der Waals surface area contributed by atoms with Crippen LogP contribution >= 0.6 is 11.8 Å². The zero-order valence-corrected chi connectivity index (χ0v) is 11.3. The van der Waals surface area contributed by atoms with Crippen molar-refractivity contribution in [2.45, 2.75) is 18.4 Å². The number of benzene rings is 1. The maximum atomic E-state index is 5.63. The van der Waals surface area contributed by atoms with E-state index in [1.54, 1.807) is 18.0 Å². The molecule has 96 valence electrons. The molecular formula is C13H16N2O2S. The Hall–Kier alpha value is -1.46. The molecule has 1 N–H and O–H groups in total. The van der Waals surface area contributed by atoms with Gasteiger partial charge in [-0.05, 0) is 24.9 Å². The molecule has 0 bridgehead atoms. The Morgan fingerprint density at radius 3 is 3.00 bits per heavy atom. The van der Waals surface area contributed by atoms with Crippen molar-refractivity contribution in [3.8, 4) is 11.8 Å². The van der Waals surface area contributed by atoms with Crippen LogP contribution in [0.3, 0.4) is 0 Å². The van der Waals surface area contributed by atoms with Crippen LogP contribution in [0.4, 0.5) is 0 Å². The van der Waals surface area contributed by atoms with Crippen LogP contribution in [0.15, 0.2) is 39.8 Å². The quantitative estimate of drug-likeness (QED) is 0.811. The largest absolute Gasteiger partial charge is 0.417 e. The summed E-state index contributed by atoms with van der Waals surface area (Å²) in [7, 11) is 0. The topological polar surface area (TPSA) is 47.3 Å². The van der Waals surface area contributed by atoms with Crippen molar-refractivity contribution in [3.05, 3.63) is 36.2 Å². The van der Waals surface area contributed by atoms with E-state index in [0.29, 0.717) is 6.54 Å². The Kier molecular flexibility index (Phi) is 4.66. The molecule has 0 aliphatic heterocycles. The standard InChI is InChI=1S/C13H16N2O2S/c1-3-14-8-10-9-16-13(15-10)17-11-6-4-5-7-12(11)18-2/h4-7,9,14H,3,8H2,1-2H3. The molecule has 4 nitrogen and oxygen atoms in total. The number of para-hydroxylation sites is 1. The highest BCUT2D eigenvalue weighted by atomic mass is 32.2. The van der Waals surface area contributed by atoms with Gasteiger partial charge in [0.2, 0.25) is 0 Å². The molecule has 0 aliphatic carbocycles. The van der Waals surface area contributed by atoms with Gasteiger partial charge >= 0.3 is 6.08 Å². The fourth-order valence-corrected chi connectivity index (χ4v) is 1.99. The molecule has 5 heteroatoms. The van der Waals surface area contributed by atoms with E-state index in [1.807, 2.05) is 37.4 Å². The highest BCUT2D eigenvalue weighted by Crippen LogP contribution is 2.30. The summed E-state index contributed by atoms with van der Waals surface area (Å²) in [6.45, 7) is 3.64. The molecule has 1 heterocycles. The summed E-state index contributed by atoms with van der Waals surface area (Å²) in [6, 6.07) is 7.81. The molecule has 0 spiro atoms. The first kappa shape index (κ1) is 13.0.